The van der Waals surface area contributed by atoms with Crippen LogP contribution in [0.4, 0.5) is 0 Å². The van der Waals surface area contributed by atoms with Crippen LogP contribution in [0.5, 0.6) is 0 Å². The molecular weight excluding hydrogens is 224 g/mol. The molecule has 0 saturated heterocycles. The Labute approximate surface area is 109 Å². The van der Waals surface area contributed by atoms with Crippen LogP contribution in [-0.2, 0) is 19.4 Å². The molecule has 2 rings (SSSR count). The third-order valence-electron chi connectivity index (χ3n) is 4.06. The standard InChI is InChI=1S/C14H22N4/c1-11-17-12-6-4-5-7-13(12)18(11)9-8-14(2,10-15)16-3/h16H,4-9H2,1-3H3. The highest BCUT2D eigenvalue weighted by Crippen LogP contribution is 2.23. The van der Waals surface area contributed by atoms with Gasteiger partial charge in [-0.25, -0.2) is 4.98 Å². The van der Waals surface area contributed by atoms with Crippen LogP contribution in [0.25, 0.3) is 0 Å². The maximum Gasteiger partial charge on any atom is 0.106 e. The highest BCUT2D eigenvalue weighted by Gasteiger charge is 2.23. The minimum atomic E-state index is -0.446. The molecule has 0 aliphatic heterocycles. The van der Waals surface area contributed by atoms with E-state index in [1.807, 2.05) is 14.0 Å². The molecule has 18 heavy (non-hydrogen) atoms. The Morgan fingerprint density at radius 1 is 1.44 bits per heavy atom. The SMILES string of the molecule is CNC(C)(C#N)CCn1c(C)nc2c1CCCC2. The average Bonchev–Trinajstić information content (AvgIpc) is 2.72. The maximum atomic E-state index is 9.18. The van der Waals surface area contributed by atoms with Crippen molar-refractivity contribution in [2.75, 3.05) is 7.05 Å². The number of nitriles is 1. The molecular formula is C14H22N4. The number of aromatic nitrogens is 2. The normalized spacial score (nSPS) is 17.9. The van der Waals surface area contributed by atoms with Gasteiger partial charge in [-0.05, 0) is 53.0 Å². The van der Waals surface area contributed by atoms with Crippen molar-refractivity contribution in [3.63, 3.8) is 0 Å². The van der Waals surface area contributed by atoms with E-state index in [1.54, 1.807) is 0 Å². The lowest BCUT2D eigenvalue weighted by molar-refractivity contribution is 0.413. The lowest BCUT2D eigenvalue weighted by atomic mass is 9.99. The zero-order chi connectivity index (χ0) is 13.2. The fourth-order valence-corrected chi connectivity index (χ4v) is 2.60. The molecule has 1 aliphatic carbocycles. The Kier molecular flexibility index (Phi) is 3.72. The molecule has 1 atom stereocenters. The number of imidazole rings is 1. The van der Waals surface area contributed by atoms with Crippen molar-refractivity contribution in [1.29, 1.82) is 5.26 Å². The molecule has 0 fully saturated rings. The summed E-state index contributed by atoms with van der Waals surface area (Å²) in [7, 11) is 1.85. The third-order valence-corrected chi connectivity index (χ3v) is 4.06. The van der Waals surface area contributed by atoms with Crippen molar-refractivity contribution in [2.45, 2.75) is 58.0 Å². The predicted molar refractivity (Wildman–Crippen MR) is 71.3 cm³/mol. The molecule has 4 heteroatoms. The summed E-state index contributed by atoms with van der Waals surface area (Å²) >= 11 is 0. The van der Waals surface area contributed by atoms with Gasteiger partial charge in [-0.1, -0.05) is 0 Å². The monoisotopic (exact) mass is 246 g/mol. The highest BCUT2D eigenvalue weighted by atomic mass is 15.1. The smallest absolute Gasteiger partial charge is 0.106 e. The molecule has 0 aromatic carbocycles. The quantitative estimate of drug-likeness (QED) is 0.883. The Balaban J connectivity index is 2.15. The molecule has 4 nitrogen and oxygen atoms in total. The zero-order valence-electron chi connectivity index (χ0n) is 11.6. The van der Waals surface area contributed by atoms with Crippen molar-refractivity contribution < 1.29 is 0 Å². The summed E-state index contributed by atoms with van der Waals surface area (Å²) in [5.41, 5.74) is 2.23. The molecule has 0 amide bonds. The van der Waals surface area contributed by atoms with E-state index < -0.39 is 5.54 Å². The second kappa shape index (κ2) is 5.11. The Morgan fingerprint density at radius 2 is 2.17 bits per heavy atom. The van der Waals surface area contributed by atoms with Crippen LogP contribution < -0.4 is 5.32 Å². The van der Waals surface area contributed by atoms with Crippen molar-refractivity contribution in [3.05, 3.63) is 17.2 Å². The summed E-state index contributed by atoms with van der Waals surface area (Å²) in [4.78, 5) is 4.66. The molecule has 1 aromatic rings. The summed E-state index contributed by atoms with van der Waals surface area (Å²) in [5.74, 6) is 1.10. The Hall–Kier alpha value is -1.34. The van der Waals surface area contributed by atoms with Crippen LogP contribution in [0.3, 0.4) is 0 Å². The lowest BCUT2D eigenvalue weighted by Gasteiger charge is -2.22. The van der Waals surface area contributed by atoms with Crippen molar-refractivity contribution in [1.82, 2.24) is 14.9 Å². The van der Waals surface area contributed by atoms with E-state index in [2.05, 4.69) is 27.9 Å². The third kappa shape index (κ3) is 2.41. The molecule has 0 radical (unpaired) electrons. The molecule has 0 bridgehead atoms. The summed E-state index contributed by atoms with van der Waals surface area (Å²) in [5, 5.41) is 12.3. The van der Waals surface area contributed by atoms with Crippen LogP contribution in [0.15, 0.2) is 0 Å². The molecule has 98 valence electrons. The van der Waals surface area contributed by atoms with Crippen molar-refractivity contribution >= 4 is 0 Å². The first-order chi connectivity index (χ1) is 8.59. The Bertz CT molecular complexity index is 469. The zero-order valence-corrected chi connectivity index (χ0v) is 11.6. The van der Waals surface area contributed by atoms with Crippen LogP contribution in [0.1, 0.15) is 43.4 Å². The number of fused-ring (bicyclic) bond motifs is 1. The molecule has 0 spiro atoms. The number of aryl methyl sites for hydroxylation is 2. The van der Waals surface area contributed by atoms with Crippen LogP contribution in [0.2, 0.25) is 0 Å². The van der Waals surface area contributed by atoms with Gasteiger partial charge >= 0.3 is 0 Å². The number of hydrogen-bond donors (Lipinski definition) is 1. The average molecular weight is 246 g/mol. The topological polar surface area (TPSA) is 53.6 Å². The molecule has 1 heterocycles. The summed E-state index contributed by atoms with van der Waals surface area (Å²) in [6.07, 6.45) is 5.59. The summed E-state index contributed by atoms with van der Waals surface area (Å²) < 4.78 is 2.31. The summed E-state index contributed by atoms with van der Waals surface area (Å²) in [6, 6.07) is 2.35. The molecule has 1 unspecified atom stereocenters. The van der Waals surface area contributed by atoms with E-state index in [1.165, 1.54) is 24.2 Å². The van der Waals surface area contributed by atoms with Gasteiger partial charge in [0.1, 0.15) is 11.4 Å². The van der Waals surface area contributed by atoms with E-state index in [0.717, 1.165) is 31.6 Å². The van der Waals surface area contributed by atoms with E-state index in [0.29, 0.717) is 0 Å². The van der Waals surface area contributed by atoms with Crippen LogP contribution in [0, 0.1) is 18.3 Å². The fraction of sp³-hybridized carbons (Fsp3) is 0.714. The first-order valence-electron chi connectivity index (χ1n) is 6.74. The predicted octanol–water partition coefficient (Wildman–Crippen LogP) is 1.96. The fourth-order valence-electron chi connectivity index (χ4n) is 2.60. The largest absolute Gasteiger partial charge is 0.332 e. The van der Waals surface area contributed by atoms with Crippen LogP contribution >= 0.6 is 0 Å². The number of hydrogen-bond acceptors (Lipinski definition) is 3. The van der Waals surface area contributed by atoms with E-state index in [4.69, 9.17) is 0 Å². The highest BCUT2D eigenvalue weighted by molar-refractivity contribution is 5.20. The van der Waals surface area contributed by atoms with Gasteiger partial charge in [0, 0.05) is 12.2 Å². The van der Waals surface area contributed by atoms with E-state index in [-0.39, 0.29) is 0 Å². The maximum absolute atomic E-state index is 9.18. The van der Waals surface area contributed by atoms with Gasteiger partial charge in [-0.2, -0.15) is 5.26 Å². The number of rotatable bonds is 4. The van der Waals surface area contributed by atoms with Gasteiger partial charge in [0.15, 0.2) is 0 Å². The van der Waals surface area contributed by atoms with Gasteiger partial charge in [0.25, 0.3) is 0 Å². The van der Waals surface area contributed by atoms with Crippen molar-refractivity contribution in [2.24, 2.45) is 0 Å². The second-order valence-corrected chi connectivity index (χ2v) is 5.36. The van der Waals surface area contributed by atoms with Gasteiger partial charge in [0.05, 0.1) is 11.8 Å². The minimum Gasteiger partial charge on any atom is -0.332 e. The van der Waals surface area contributed by atoms with Crippen LogP contribution in [-0.4, -0.2) is 22.1 Å². The molecule has 1 N–H and O–H groups in total. The van der Waals surface area contributed by atoms with E-state index in [9.17, 15) is 5.26 Å². The molecule has 0 saturated carbocycles. The number of nitrogens with one attached hydrogen (secondary N) is 1. The molecule has 1 aliphatic rings. The molecule has 1 aromatic heterocycles. The Morgan fingerprint density at radius 3 is 2.83 bits per heavy atom. The van der Waals surface area contributed by atoms with Crippen molar-refractivity contribution in [3.8, 4) is 6.07 Å². The van der Waals surface area contributed by atoms with Gasteiger partial charge in [-0.15, -0.1) is 0 Å². The number of nitrogens with zero attached hydrogens (tertiary/aromatic N) is 3. The van der Waals surface area contributed by atoms with Gasteiger partial charge in [-0.3, -0.25) is 0 Å². The first-order valence-corrected chi connectivity index (χ1v) is 6.74. The lowest BCUT2D eigenvalue weighted by Crippen LogP contribution is -2.39. The van der Waals surface area contributed by atoms with E-state index >= 15 is 0 Å². The van der Waals surface area contributed by atoms with Gasteiger partial charge < -0.3 is 9.88 Å². The van der Waals surface area contributed by atoms with Gasteiger partial charge in [0.2, 0.25) is 0 Å². The minimum absolute atomic E-state index is 0.446. The summed E-state index contributed by atoms with van der Waals surface area (Å²) in [6.45, 7) is 4.90. The second-order valence-electron chi connectivity index (χ2n) is 5.36. The first kappa shape index (κ1) is 13.1.